The van der Waals surface area contributed by atoms with Gasteiger partial charge in [-0.2, -0.15) is 23.4 Å². The number of benzene rings is 1. The third-order valence-electron chi connectivity index (χ3n) is 4.92. The molecule has 0 atom stereocenters. The van der Waals surface area contributed by atoms with Crippen molar-refractivity contribution in [3.8, 4) is 0 Å². The van der Waals surface area contributed by atoms with Crippen LogP contribution in [0.3, 0.4) is 0 Å². The van der Waals surface area contributed by atoms with Crippen molar-refractivity contribution in [2.45, 2.75) is 44.4 Å². The highest BCUT2D eigenvalue weighted by atomic mass is 35.5. The lowest BCUT2D eigenvalue weighted by Gasteiger charge is -2.07. The number of nitrogens with one attached hydrogen (secondary N) is 1. The van der Waals surface area contributed by atoms with Gasteiger partial charge in [0.1, 0.15) is 5.82 Å². The predicted molar refractivity (Wildman–Crippen MR) is 105 cm³/mol. The number of hydrogen-bond donors (Lipinski definition) is 1. The Balaban J connectivity index is 1.38. The third-order valence-corrected chi connectivity index (χ3v) is 5.29. The van der Waals surface area contributed by atoms with Crippen LogP contribution in [-0.4, -0.2) is 25.5 Å². The summed E-state index contributed by atoms with van der Waals surface area (Å²) in [7, 11) is 0. The van der Waals surface area contributed by atoms with Crippen LogP contribution in [-0.2, 0) is 24.1 Å². The summed E-state index contributed by atoms with van der Waals surface area (Å²) in [5, 5.41) is 9.95. The first kappa shape index (κ1) is 21.4. The number of carbonyl (C=O) groups excluding carboxylic acids is 1. The molecule has 1 aliphatic carbocycles. The molecule has 1 amide bonds. The number of amides is 1. The first-order valence-corrected chi connectivity index (χ1v) is 9.99. The number of nitrogens with zero attached hydrogens (tertiary/aromatic N) is 4. The molecule has 0 bridgehead atoms. The molecule has 11 heteroatoms. The van der Waals surface area contributed by atoms with Gasteiger partial charge in [-0.1, -0.05) is 29.8 Å². The van der Waals surface area contributed by atoms with Crippen LogP contribution in [0, 0.1) is 5.82 Å². The fourth-order valence-corrected chi connectivity index (χ4v) is 3.69. The first-order valence-electron chi connectivity index (χ1n) is 9.61. The molecule has 3 aromatic rings. The second kappa shape index (κ2) is 8.33. The smallest absolute Gasteiger partial charge is 0.323 e. The molecule has 0 saturated heterocycles. The van der Waals surface area contributed by atoms with E-state index in [1.807, 2.05) is 0 Å². The van der Waals surface area contributed by atoms with E-state index in [4.69, 9.17) is 11.6 Å². The zero-order valence-corrected chi connectivity index (χ0v) is 16.9. The molecular weight excluding hydrogens is 438 g/mol. The van der Waals surface area contributed by atoms with Crippen LogP contribution in [0.15, 0.2) is 36.7 Å². The van der Waals surface area contributed by atoms with Gasteiger partial charge in [-0.05, 0) is 18.9 Å². The van der Waals surface area contributed by atoms with Crippen LogP contribution >= 0.6 is 11.6 Å². The highest BCUT2D eigenvalue weighted by Crippen LogP contribution is 2.46. The molecule has 31 heavy (non-hydrogen) atoms. The Morgan fingerprint density at radius 2 is 2.00 bits per heavy atom. The van der Waals surface area contributed by atoms with E-state index < -0.39 is 17.8 Å². The monoisotopic (exact) mass is 455 g/mol. The lowest BCUT2D eigenvalue weighted by molar-refractivity contribution is -0.141. The average molecular weight is 456 g/mol. The molecule has 1 saturated carbocycles. The number of halogens is 5. The largest absolute Gasteiger partial charge is 0.436 e. The second-order valence-electron chi connectivity index (χ2n) is 7.36. The van der Waals surface area contributed by atoms with Crippen molar-refractivity contribution in [3.05, 3.63) is 64.5 Å². The van der Waals surface area contributed by atoms with Crippen LogP contribution in [0.1, 0.15) is 42.1 Å². The molecule has 1 aliphatic rings. The minimum absolute atomic E-state index is 0.0309. The van der Waals surface area contributed by atoms with Crippen LogP contribution in [0.2, 0.25) is 5.02 Å². The minimum Gasteiger partial charge on any atom is -0.323 e. The molecule has 1 aromatic carbocycles. The normalized spacial score (nSPS) is 14.1. The Labute approximate surface area is 179 Å². The molecule has 0 unspecified atom stereocenters. The van der Waals surface area contributed by atoms with Crippen molar-refractivity contribution >= 4 is 23.2 Å². The Morgan fingerprint density at radius 3 is 2.68 bits per heavy atom. The third kappa shape index (κ3) is 4.90. The van der Waals surface area contributed by atoms with E-state index in [1.54, 1.807) is 24.4 Å². The average Bonchev–Trinajstić information content (AvgIpc) is 3.34. The van der Waals surface area contributed by atoms with E-state index >= 15 is 0 Å². The minimum atomic E-state index is -4.65. The van der Waals surface area contributed by atoms with Gasteiger partial charge in [0.15, 0.2) is 5.69 Å². The molecule has 0 spiro atoms. The molecule has 164 valence electrons. The topological polar surface area (TPSA) is 64.7 Å². The molecule has 2 heterocycles. The molecule has 6 nitrogen and oxygen atoms in total. The second-order valence-corrected chi connectivity index (χ2v) is 7.74. The Hall–Kier alpha value is -2.88. The van der Waals surface area contributed by atoms with E-state index in [2.05, 4.69) is 15.5 Å². The van der Waals surface area contributed by atoms with E-state index in [0.717, 1.165) is 12.8 Å². The summed E-state index contributed by atoms with van der Waals surface area (Å²) in [6.45, 7) is 0.163. The van der Waals surface area contributed by atoms with Crippen LogP contribution in [0.25, 0.3) is 0 Å². The van der Waals surface area contributed by atoms with E-state index in [1.165, 1.54) is 21.6 Å². The fourth-order valence-electron chi connectivity index (χ4n) is 3.30. The number of carbonyl (C=O) groups is 1. The molecular formula is C20H18ClF4N5O. The molecule has 1 fully saturated rings. The van der Waals surface area contributed by atoms with Crippen molar-refractivity contribution in [2.24, 2.45) is 0 Å². The maximum absolute atomic E-state index is 13.8. The van der Waals surface area contributed by atoms with Crippen molar-refractivity contribution in [2.75, 3.05) is 5.32 Å². The summed E-state index contributed by atoms with van der Waals surface area (Å²) in [5.74, 6) is -0.825. The number of aryl methyl sites for hydroxylation is 1. The molecule has 4 rings (SSSR count). The maximum Gasteiger partial charge on any atom is 0.436 e. The zero-order chi connectivity index (χ0) is 22.2. The predicted octanol–water partition coefficient (Wildman–Crippen LogP) is 4.85. The van der Waals surface area contributed by atoms with Crippen LogP contribution < -0.4 is 5.32 Å². The summed E-state index contributed by atoms with van der Waals surface area (Å²) in [5.41, 5.74) is 0.0655. The van der Waals surface area contributed by atoms with E-state index in [9.17, 15) is 22.4 Å². The molecule has 2 aromatic heterocycles. The fraction of sp³-hybridized carbons (Fsp3) is 0.350. The number of hydrogen-bond acceptors (Lipinski definition) is 3. The van der Waals surface area contributed by atoms with Crippen molar-refractivity contribution in [3.63, 3.8) is 0 Å². The van der Waals surface area contributed by atoms with Crippen LogP contribution in [0.5, 0.6) is 0 Å². The first-order chi connectivity index (χ1) is 14.7. The highest BCUT2D eigenvalue weighted by molar-refractivity contribution is 6.32. The van der Waals surface area contributed by atoms with Gasteiger partial charge in [0, 0.05) is 24.1 Å². The Kier molecular flexibility index (Phi) is 5.74. The summed E-state index contributed by atoms with van der Waals surface area (Å²) in [6.07, 6.45) is -0.284. The number of anilines is 1. The standard InChI is InChI=1S/C20H18ClF4N5O/c21-17-18(12-5-6-12)30(28-19(17)20(23,24)25)8-7-16(31)27-14-9-26-29(11-14)10-13-3-1-2-4-15(13)22/h1-4,9,11-12H,5-8,10H2,(H,27,31). The van der Waals surface area contributed by atoms with Gasteiger partial charge in [-0.3, -0.25) is 14.2 Å². The van der Waals surface area contributed by atoms with Crippen molar-refractivity contribution in [1.29, 1.82) is 0 Å². The lowest BCUT2D eigenvalue weighted by Crippen LogP contribution is -2.16. The van der Waals surface area contributed by atoms with Crippen molar-refractivity contribution in [1.82, 2.24) is 19.6 Å². The molecule has 0 aliphatic heterocycles. The number of alkyl halides is 3. The number of rotatable bonds is 7. The SMILES string of the molecule is O=C(CCn1nc(C(F)(F)F)c(Cl)c1C1CC1)Nc1cnn(Cc2ccccc2F)c1. The van der Waals surface area contributed by atoms with Gasteiger partial charge in [-0.15, -0.1) is 0 Å². The van der Waals surface area contributed by atoms with Gasteiger partial charge in [0.25, 0.3) is 0 Å². The summed E-state index contributed by atoms with van der Waals surface area (Å²) < 4.78 is 55.8. The lowest BCUT2D eigenvalue weighted by atomic mass is 10.2. The van der Waals surface area contributed by atoms with Gasteiger partial charge < -0.3 is 5.32 Å². The van der Waals surface area contributed by atoms with Gasteiger partial charge in [0.05, 0.1) is 35.7 Å². The van der Waals surface area contributed by atoms with E-state index in [0.29, 0.717) is 16.9 Å². The Bertz CT molecular complexity index is 1100. The number of aromatic nitrogens is 4. The van der Waals surface area contributed by atoms with Gasteiger partial charge in [-0.25, -0.2) is 4.39 Å². The van der Waals surface area contributed by atoms with E-state index in [-0.39, 0.29) is 36.3 Å². The summed E-state index contributed by atoms with van der Waals surface area (Å²) >= 11 is 5.93. The van der Waals surface area contributed by atoms with Crippen LogP contribution in [0.4, 0.5) is 23.2 Å². The molecule has 0 radical (unpaired) electrons. The quantitative estimate of drug-likeness (QED) is 0.518. The van der Waals surface area contributed by atoms with Crippen molar-refractivity contribution < 1.29 is 22.4 Å². The molecule has 1 N–H and O–H groups in total. The summed E-state index contributed by atoms with van der Waals surface area (Å²) in [6, 6.07) is 6.29. The van der Waals surface area contributed by atoms with Gasteiger partial charge in [0.2, 0.25) is 5.91 Å². The summed E-state index contributed by atoms with van der Waals surface area (Å²) in [4.78, 5) is 12.3. The van der Waals surface area contributed by atoms with Gasteiger partial charge >= 0.3 is 6.18 Å². The zero-order valence-electron chi connectivity index (χ0n) is 16.2. The Morgan fingerprint density at radius 1 is 1.26 bits per heavy atom. The highest BCUT2D eigenvalue weighted by Gasteiger charge is 2.42. The maximum atomic E-state index is 13.8.